The predicted molar refractivity (Wildman–Crippen MR) is 103 cm³/mol. The van der Waals surface area contributed by atoms with Gasteiger partial charge in [0.1, 0.15) is 6.04 Å². The van der Waals surface area contributed by atoms with E-state index in [0.717, 1.165) is 11.1 Å². The summed E-state index contributed by atoms with van der Waals surface area (Å²) in [6, 6.07) is 13.7. The molecule has 0 spiro atoms. The first kappa shape index (κ1) is 16.7. The maximum Gasteiger partial charge on any atom is 0.336 e. The Kier molecular flexibility index (Phi) is 3.59. The van der Waals surface area contributed by atoms with Crippen LogP contribution in [0.15, 0.2) is 60.3 Å². The van der Waals surface area contributed by atoms with Crippen LogP contribution in [0.3, 0.4) is 0 Å². The van der Waals surface area contributed by atoms with E-state index in [9.17, 15) is 14.4 Å². The van der Waals surface area contributed by atoms with Crippen molar-refractivity contribution in [1.29, 1.82) is 0 Å². The molecule has 0 N–H and O–H groups in total. The van der Waals surface area contributed by atoms with Crippen molar-refractivity contribution in [3.63, 3.8) is 0 Å². The second-order valence-corrected chi connectivity index (χ2v) is 6.99. The molecule has 2 aliphatic heterocycles. The molecule has 0 saturated heterocycles. The molecule has 138 valence electrons. The van der Waals surface area contributed by atoms with Crippen LogP contribution < -0.4 is 0 Å². The summed E-state index contributed by atoms with van der Waals surface area (Å²) in [6.45, 7) is 1.93. The van der Waals surface area contributed by atoms with Crippen molar-refractivity contribution < 1.29 is 19.1 Å². The van der Waals surface area contributed by atoms with Crippen molar-refractivity contribution in [2.24, 2.45) is 5.92 Å². The Morgan fingerprint density at radius 2 is 1.61 bits per heavy atom. The summed E-state index contributed by atoms with van der Waals surface area (Å²) in [7, 11) is 0. The maximum atomic E-state index is 13.4. The molecule has 28 heavy (non-hydrogen) atoms. The summed E-state index contributed by atoms with van der Waals surface area (Å²) in [5, 5.41) is 0. The SMILES string of the molecule is CCOC(=O)C1=C2c3ccccc3C=CN2C2C(=O)c3ccccc3C(=O)C12. The Hall–Kier alpha value is -3.47. The largest absolute Gasteiger partial charge is 0.463 e. The van der Waals surface area contributed by atoms with Crippen LogP contribution in [-0.2, 0) is 9.53 Å². The number of ether oxygens (including phenoxy) is 1. The molecule has 5 nitrogen and oxygen atoms in total. The van der Waals surface area contributed by atoms with E-state index < -0.39 is 17.9 Å². The standard InChI is InChI=1S/C23H17NO4/c1-2-28-23(27)18-17-20(22(26)16-10-6-5-9-15(16)21(17)25)24-12-11-13-7-3-4-8-14(13)19(18)24/h3-12,17,20H,2H2,1H3. The summed E-state index contributed by atoms with van der Waals surface area (Å²) in [5.74, 6) is -1.77. The van der Waals surface area contributed by atoms with E-state index in [-0.39, 0.29) is 23.7 Å². The fraction of sp³-hybridized carbons (Fsp3) is 0.174. The number of benzene rings is 2. The Labute approximate surface area is 161 Å². The highest BCUT2D eigenvalue weighted by atomic mass is 16.5. The van der Waals surface area contributed by atoms with Gasteiger partial charge in [-0.25, -0.2) is 4.79 Å². The topological polar surface area (TPSA) is 63.7 Å². The first-order chi connectivity index (χ1) is 13.6. The molecule has 2 aromatic rings. The lowest BCUT2D eigenvalue weighted by Crippen LogP contribution is -2.46. The zero-order valence-corrected chi connectivity index (χ0v) is 15.2. The summed E-state index contributed by atoms with van der Waals surface area (Å²) in [5.41, 5.74) is 3.41. The Morgan fingerprint density at radius 3 is 2.32 bits per heavy atom. The minimum Gasteiger partial charge on any atom is -0.463 e. The number of hydrogen-bond acceptors (Lipinski definition) is 5. The van der Waals surface area contributed by atoms with Crippen LogP contribution in [0.1, 0.15) is 38.8 Å². The average Bonchev–Trinajstić information content (AvgIpc) is 3.08. The molecule has 0 saturated carbocycles. The van der Waals surface area contributed by atoms with E-state index in [1.165, 1.54) is 0 Å². The number of carbonyl (C=O) groups is 3. The van der Waals surface area contributed by atoms with Crippen LogP contribution in [0.2, 0.25) is 0 Å². The van der Waals surface area contributed by atoms with Crippen molar-refractivity contribution >= 4 is 29.3 Å². The quantitative estimate of drug-likeness (QED) is 0.758. The van der Waals surface area contributed by atoms with Gasteiger partial charge in [-0.2, -0.15) is 0 Å². The van der Waals surface area contributed by atoms with Crippen LogP contribution in [-0.4, -0.2) is 35.1 Å². The number of rotatable bonds is 2. The van der Waals surface area contributed by atoms with Gasteiger partial charge >= 0.3 is 5.97 Å². The second kappa shape index (κ2) is 6.02. The Morgan fingerprint density at radius 1 is 0.964 bits per heavy atom. The number of fused-ring (bicyclic) bond motifs is 6. The third kappa shape index (κ3) is 2.10. The van der Waals surface area contributed by atoms with Crippen LogP contribution >= 0.6 is 0 Å². The molecule has 2 aromatic carbocycles. The molecule has 0 radical (unpaired) electrons. The number of nitrogens with zero attached hydrogens (tertiary/aromatic N) is 1. The van der Waals surface area contributed by atoms with E-state index >= 15 is 0 Å². The van der Waals surface area contributed by atoms with Crippen LogP contribution in [0.5, 0.6) is 0 Å². The molecule has 0 bridgehead atoms. The highest BCUT2D eigenvalue weighted by Gasteiger charge is 2.54. The molecule has 2 atom stereocenters. The predicted octanol–water partition coefficient (Wildman–Crippen LogP) is 3.32. The first-order valence-electron chi connectivity index (χ1n) is 9.28. The molecule has 3 aliphatic rings. The monoisotopic (exact) mass is 371 g/mol. The fourth-order valence-electron chi connectivity index (χ4n) is 4.44. The molecule has 0 amide bonds. The van der Waals surface area contributed by atoms with Gasteiger partial charge in [0, 0.05) is 22.9 Å². The Balaban J connectivity index is 1.78. The van der Waals surface area contributed by atoms with Crippen LogP contribution in [0, 0.1) is 5.92 Å². The van der Waals surface area contributed by atoms with E-state index in [4.69, 9.17) is 4.74 Å². The summed E-state index contributed by atoms with van der Waals surface area (Å²) in [4.78, 5) is 41.4. The second-order valence-electron chi connectivity index (χ2n) is 6.99. The summed E-state index contributed by atoms with van der Waals surface area (Å²) < 4.78 is 5.30. The third-order valence-corrected chi connectivity index (χ3v) is 5.57. The zero-order chi connectivity index (χ0) is 19.4. The van der Waals surface area contributed by atoms with Crippen LogP contribution in [0.25, 0.3) is 11.8 Å². The molecular formula is C23H17NO4. The zero-order valence-electron chi connectivity index (χ0n) is 15.2. The fourth-order valence-corrected chi connectivity index (χ4v) is 4.44. The maximum absolute atomic E-state index is 13.4. The molecule has 5 rings (SSSR count). The van der Waals surface area contributed by atoms with Gasteiger partial charge in [-0.05, 0) is 18.6 Å². The van der Waals surface area contributed by atoms with Gasteiger partial charge in [0.25, 0.3) is 0 Å². The lowest BCUT2D eigenvalue weighted by atomic mass is 9.76. The van der Waals surface area contributed by atoms with Crippen LogP contribution in [0.4, 0.5) is 0 Å². The molecule has 2 heterocycles. The van der Waals surface area contributed by atoms with Crippen molar-refractivity contribution in [2.75, 3.05) is 6.61 Å². The van der Waals surface area contributed by atoms with Gasteiger partial charge in [0.2, 0.25) is 0 Å². The Bertz CT molecular complexity index is 1110. The number of carbonyl (C=O) groups excluding carboxylic acids is 3. The number of esters is 1. The lowest BCUT2D eigenvalue weighted by Gasteiger charge is -2.33. The van der Waals surface area contributed by atoms with Gasteiger partial charge in [0.05, 0.1) is 23.8 Å². The van der Waals surface area contributed by atoms with Gasteiger partial charge in [-0.3, -0.25) is 9.59 Å². The smallest absolute Gasteiger partial charge is 0.336 e. The molecular weight excluding hydrogens is 354 g/mol. The summed E-state index contributed by atoms with van der Waals surface area (Å²) in [6.07, 6.45) is 3.70. The highest BCUT2D eigenvalue weighted by Crippen LogP contribution is 2.48. The minimum absolute atomic E-state index is 0.152. The van der Waals surface area contributed by atoms with Gasteiger partial charge in [0.15, 0.2) is 11.6 Å². The van der Waals surface area contributed by atoms with E-state index in [1.54, 1.807) is 42.3 Å². The number of ketones is 2. The van der Waals surface area contributed by atoms with Crippen molar-refractivity contribution in [3.8, 4) is 0 Å². The van der Waals surface area contributed by atoms with Gasteiger partial charge < -0.3 is 9.64 Å². The first-order valence-corrected chi connectivity index (χ1v) is 9.28. The van der Waals surface area contributed by atoms with Crippen molar-refractivity contribution in [2.45, 2.75) is 13.0 Å². The molecule has 1 aliphatic carbocycles. The molecule has 0 fully saturated rings. The lowest BCUT2D eigenvalue weighted by molar-refractivity contribution is -0.138. The summed E-state index contributed by atoms with van der Waals surface area (Å²) >= 11 is 0. The average molecular weight is 371 g/mol. The van der Waals surface area contributed by atoms with E-state index in [1.807, 2.05) is 30.3 Å². The van der Waals surface area contributed by atoms with Gasteiger partial charge in [-0.15, -0.1) is 0 Å². The van der Waals surface area contributed by atoms with E-state index in [0.29, 0.717) is 16.8 Å². The molecule has 5 heteroatoms. The van der Waals surface area contributed by atoms with Crippen molar-refractivity contribution in [1.82, 2.24) is 4.90 Å². The number of Topliss-reactive ketones (excluding diaryl/α,β-unsaturated/α-hetero) is 2. The minimum atomic E-state index is -0.868. The highest BCUT2D eigenvalue weighted by molar-refractivity contribution is 6.23. The molecule has 2 unspecified atom stereocenters. The van der Waals surface area contributed by atoms with Gasteiger partial charge in [-0.1, -0.05) is 48.5 Å². The number of hydrogen-bond donors (Lipinski definition) is 0. The van der Waals surface area contributed by atoms with E-state index in [2.05, 4.69) is 0 Å². The van der Waals surface area contributed by atoms with Crippen molar-refractivity contribution in [3.05, 3.63) is 82.6 Å². The molecule has 0 aromatic heterocycles. The normalized spacial score (nSPS) is 21.8. The third-order valence-electron chi connectivity index (χ3n) is 5.57.